The molecule has 0 spiro atoms. The zero-order chi connectivity index (χ0) is 7.15. The largest absolute Gasteiger partial charge is 2.00 e. The quantitative estimate of drug-likeness (QED) is 0.262. The number of hydrogen-bond donors (Lipinski definition) is 0. The topological polar surface area (TPSA) is 573 Å². The molecular formula is H28CoN2O20. The van der Waals surface area contributed by atoms with E-state index in [0.29, 0.717) is 0 Å². The van der Waals surface area contributed by atoms with Gasteiger partial charge in [0.1, 0.15) is 0 Å². The molecule has 0 heterocycles. The van der Waals surface area contributed by atoms with Crippen LogP contribution in [0.15, 0.2) is 0 Å². The van der Waals surface area contributed by atoms with Gasteiger partial charge in [0.15, 0.2) is 0 Å². The third-order valence-electron chi connectivity index (χ3n) is 0. The molecule has 0 saturated carbocycles. The van der Waals surface area contributed by atoms with Crippen molar-refractivity contribution < 1.29 is 104 Å². The first kappa shape index (κ1) is 468. The summed E-state index contributed by atoms with van der Waals surface area (Å²) < 4.78 is 0. The fourth-order valence-electron chi connectivity index (χ4n) is 0. The van der Waals surface area contributed by atoms with E-state index in [1.54, 1.807) is 0 Å². The molecule has 22 nitrogen and oxygen atoms in total. The monoisotopic (exact) mass is 435 g/mol. The Kier molecular flexibility index (Phi) is 8200. The Hall–Kier alpha value is -1.65. The molecule has 0 aliphatic carbocycles. The van der Waals surface area contributed by atoms with Crippen LogP contribution in [0.5, 0.6) is 0 Å². The van der Waals surface area contributed by atoms with Crippen molar-refractivity contribution >= 4 is 0 Å². The molecule has 0 aliphatic heterocycles. The molecular weight excluding hydrogens is 407 g/mol. The maximum Gasteiger partial charge on any atom is 2.00 e. The van der Waals surface area contributed by atoms with Crippen LogP contribution in [0, 0.1) is 30.6 Å². The summed E-state index contributed by atoms with van der Waals surface area (Å²) in [6, 6.07) is 0. The summed E-state index contributed by atoms with van der Waals surface area (Å²) in [5, 5.41) is 29.5. The van der Waals surface area contributed by atoms with Gasteiger partial charge in [-0.25, -0.2) is 0 Å². The van der Waals surface area contributed by atoms with Crippen LogP contribution in [0.3, 0.4) is 0 Å². The van der Waals surface area contributed by atoms with E-state index in [-0.39, 0.29) is 93.4 Å². The standard InChI is InChI=1S/Co.2NO3.14H2O/c;2*2-1(3)4;;;;;;;;;;;;;;/h;;;14*1H2/q+2;2*-1;;;;;;;;;;;;;;. The van der Waals surface area contributed by atoms with Gasteiger partial charge in [-0.15, -0.1) is 0 Å². The molecule has 23 heteroatoms. The summed E-state index contributed by atoms with van der Waals surface area (Å²) in [5.74, 6) is 0. The van der Waals surface area contributed by atoms with Crippen LogP contribution in [0.2, 0.25) is 0 Å². The fraction of sp³-hybridized carbons (Fsp3) is 0. The molecule has 0 unspecified atom stereocenters. The SMILES string of the molecule is O.O.O.O.O.O.O.O.O.O.O.O.O.O.O=[N+]([O-])[O-].O=[N+]([O-])[O-].[Co+2]. The van der Waals surface area contributed by atoms with Crippen LogP contribution in [0.1, 0.15) is 0 Å². The van der Waals surface area contributed by atoms with Gasteiger partial charge in [0.2, 0.25) is 0 Å². The van der Waals surface area contributed by atoms with Crippen molar-refractivity contribution in [1.29, 1.82) is 0 Å². The first-order chi connectivity index (χ1) is 3.46. The minimum atomic E-state index is -1.75. The van der Waals surface area contributed by atoms with Gasteiger partial charge in [-0.2, -0.15) is 0 Å². The molecule has 0 bridgehead atoms. The molecule has 0 saturated heterocycles. The van der Waals surface area contributed by atoms with E-state index < -0.39 is 10.2 Å². The van der Waals surface area contributed by atoms with Gasteiger partial charge < -0.3 is 107 Å². The van der Waals surface area contributed by atoms with E-state index in [2.05, 4.69) is 0 Å². The first-order valence-corrected chi connectivity index (χ1v) is 1.10. The van der Waals surface area contributed by atoms with Crippen LogP contribution in [0.25, 0.3) is 0 Å². The summed E-state index contributed by atoms with van der Waals surface area (Å²) >= 11 is 0. The van der Waals surface area contributed by atoms with Crippen molar-refractivity contribution in [2.45, 2.75) is 0 Å². The van der Waals surface area contributed by atoms with E-state index >= 15 is 0 Å². The van der Waals surface area contributed by atoms with Gasteiger partial charge in [0, 0.05) is 0 Å². The average molecular weight is 435 g/mol. The molecule has 167 valence electrons. The van der Waals surface area contributed by atoms with Gasteiger partial charge in [0.05, 0.1) is 10.2 Å². The Balaban J connectivity index is -0.00000000126. The van der Waals surface area contributed by atoms with Crippen molar-refractivity contribution in [3.8, 4) is 0 Å². The summed E-state index contributed by atoms with van der Waals surface area (Å²) in [6.45, 7) is 0. The Bertz CT molecular complexity index is 73.6. The second-order valence-electron chi connectivity index (χ2n) is 0.447. The van der Waals surface area contributed by atoms with Crippen LogP contribution in [0.4, 0.5) is 0 Å². The van der Waals surface area contributed by atoms with Crippen LogP contribution in [-0.4, -0.2) is 86.8 Å². The molecule has 0 aromatic heterocycles. The van der Waals surface area contributed by atoms with Crippen LogP contribution in [-0.2, 0) is 16.8 Å². The maximum atomic E-state index is 8.25. The third-order valence-corrected chi connectivity index (χ3v) is 0. The molecule has 0 aliphatic rings. The normalized spacial score (nSPS) is 2.09. The van der Waals surface area contributed by atoms with Gasteiger partial charge in [-0.1, -0.05) is 0 Å². The summed E-state index contributed by atoms with van der Waals surface area (Å²) in [4.78, 5) is 16.5. The van der Waals surface area contributed by atoms with Gasteiger partial charge >= 0.3 is 16.8 Å². The summed E-state index contributed by atoms with van der Waals surface area (Å²) in [6.07, 6.45) is 0. The molecule has 0 amide bonds. The van der Waals surface area contributed by atoms with E-state index in [4.69, 9.17) is 30.6 Å². The Morgan fingerprint density at radius 1 is 0.348 bits per heavy atom. The molecule has 1 radical (unpaired) electrons. The number of hydrogen-bond acceptors (Lipinski definition) is 6. The molecule has 23 heavy (non-hydrogen) atoms. The van der Waals surface area contributed by atoms with Crippen molar-refractivity contribution in [3.63, 3.8) is 0 Å². The minimum Gasteiger partial charge on any atom is -0.412 e. The summed E-state index contributed by atoms with van der Waals surface area (Å²) in [5.41, 5.74) is 0. The van der Waals surface area contributed by atoms with E-state index in [9.17, 15) is 0 Å². The minimum absolute atomic E-state index is 0. The van der Waals surface area contributed by atoms with E-state index in [0.717, 1.165) is 0 Å². The fourth-order valence-corrected chi connectivity index (χ4v) is 0. The Labute approximate surface area is 135 Å². The zero-order valence-electron chi connectivity index (χ0n) is 10.7. The molecule has 0 aromatic carbocycles. The second kappa shape index (κ2) is 403. The Morgan fingerprint density at radius 2 is 0.348 bits per heavy atom. The molecule has 0 atom stereocenters. The average Bonchev–Trinajstić information content (AvgIpc) is 1.25. The maximum absolute atomic E-state index is 8.25. The predicted octanol–water partition coefficient (Wildman–Crippen LogP) is -12.0. The molecule has 28 N–H and O–H groups in total. The van der Waals surface area contributed by atoms with Crippen LogP contribution >= 0.6 is 0 Å². The van der Waals surface area contributed by atoms with Gasteiger partial charge in [0.25, 0.3) is 0 Å². The molecule has 0 fully saturated rings. The molecule has 0 aromatic rings. The smallest absolute Gasteiger partial charge is 0.412 e. The van der Waals surface area contributed by atoms with Gasteiger partial charge in [-0.05, 0) is 0 Å². The summed E-state index contributed by atoms with van der Waals surface area (Å²) in [7, 11) is 0. The molecule has 0 rings (SSSR count). The van der Waals surface area contributed by atoms with Crippen molar-refractivity contribution in [2.24, 2.45) is 0 Å². The third kappa shape index (κ3) is 2500. The second-order valence-corrected chi connectivity index (χ2v) is 0.447. The van der Waals surface area contributed by atoms with Crippen molar-refractivity contribution in [1.82, 2.24) is 0 Å². The van der Waals surface area contributed by atoms with Gasteiger partial charge in [-0.3, -0.25) is 0 Å². The van der Waals surface area contributed by atoms with E-state index in [1.165, 1.54) is 0 Å². The number of rotatable bonds is 0. The number of nitrogens with zero attached hydrogens (tertiary/aromatic N) is 2. The zero-order valence-corrected chi connectivity index (χ0v) is 11.7. The Morgan fingerprint density at radius 3 is 0.348 bits per heavy atom. The van der Waals surface area contributed by atoms with E-state index in [1.807, 2.05) is 0 Å². The van der Waals surface area contributed by atoms with Crippen LogP contribution < -0.4 is 0 Å². The predicted molar refractivity (Wildman–Crippen MR) is 71.3 cm³/mol. The first-order valence-electron chi connectivity index (χ1n) is 1.10. The van der Waals surface area contributed by atoms with Crippen molar-refractivity contribution in [3.05, 3.63) is 30.6 Å². The van der Waals surface area contributed by atoms with Crippen molar-refractivity contribution in [2.75, 3.05) is 0 Å².